The SMILES string of the molecule is CN1C(=O)[C@@](C(=O)OCc2ccccc2)(c2ncc(C#Cc3ccc(F)cc3)cn2)CCC1(C)C. The molecule has 1 atom stereocenters. The number of esters is 1. The van der Waals surface area contributed by atoms with Gasteiger partial charge in [-0.2, -0.15) is 0 Å². The molecule has 1 saturated heterocycles. The van der Waals surface area contributed by atoms with E-state index in [0.717, 1.165) is 5.56 Å². The van der Waals surface area contributed by atoms with Crippen molar-refractivity contribution >= 4 is 11.9 Å². The van der Waals surface area contributed by atoms with Crippen molar-refractivity contribution in [2.24, 2.45) is 0 Å². The largest absolute Gasteiger partial charge is 0.460 e. The Kier molecular flexibility index (Phi) is 6.65. The Bertz CT molecular complexity index is 1280. The first-order valence-electron chi connectivity index (χ1n) is 11.3. The summed E-state index contributed by atoms with van der Waals surface area (Å²) in [6.07, 6.45) is 3.78. The third-order valence-electron chi connectivity index (χ3n) is 6.48. The van der Waals surface area contributed by atoms with Crippen molar-refractivity contribution < 1.29 is 18.7 Å². The molecular formula is C28H26FN3O3. The molecule has 1 aliphatic rings. The van der Waals surface area contributed by atoms with E-state index in [9.17, 15) is 14.0 Å². The molecule has 3 aromatic rings. The van der Waals surface area contributed by atoms with Crippen LogP contribution in [0.1, 0.15) is 49.2 Å². The molecule has 0 spiro atoms. The van der Waals surface area contributed by atoms with Crippen LogP contribution in [0.15, 0.2) is 67.0 Å². The van der Waals surface area contributed by atoms with Crippen molar-refractivity contribution in [1.29, 1.82) is 0 Å². The summed E-state index contributed by atoms with van der Waals surface area (Å²) in [5.74, 6) is 4.54. The smallest absolute Gasteiger partial charge is 0.329 e. The van der Waals surface area contributed by atoms with Gasteiger partial charge in [-0.15, -0.1) is 0 Å². The number of likely N-dealkylation sites (N-methyl/N-ethyl adjacent to an activating group) is 1. The van der Waals surface area contributed by atoms with Gasteiger partial charge in [0.1, 0.15) is 12.4 Å². The van der Waals surface area contributed by atoms with Crippen molar-refractivity contribution in [1.82, 2.24) is 14.9 Å². The monoisotopic (exact) mass is 471 g/mol. The minimum Gasteiger partial charge on any atom is -0.460 e. The summed E-state index contributed by atoms with van der Waals surface area (Å²) in [5.41, 5.74) is -0.0890. The number of nitrogens with zero attached hydrogens (tertiary/aromatic N) is 3. The normalized spacial score (nSPS) is 19.0. The molecule has 178 valence electrons. The number of hydrogen-bond acceptors (Lipinski definition) is 5. The predicted octanol–water partition coefficient (Wildman–Crippen LogP) is 4.03. The minimum atomic E-state index is -1.64. The summed E-state index contributed by atoms with van der Waals surface area (Å²) in [5, 5.41) is 0. The van der Waals surface area contributed by atoms with Crippen LogP contribution in [0.2, 0.25) is 0 Å². The van der Waals surface area contributed by atoms with Gasteiger partial charge in [0.05, 0.1) is 5.56 Å². The summed E-state index contributed by atoms with van der Waals surface area (Å²) in [6, 6.07) is 15.1. The topological polar surface area (TPSA) is 72.4 Å². The van der Waals surface area contributed by atoms with Crippen LogP contribution in [-0.2, 0) is 26.3 Å². The van der Waals surface area contributed by atoms with Gasteiger partial charge in [0, 0.05) is 30.5 Å². The quantitative estimate of drug-likeness (QED) is 0.326. The molecule has 1 amide bonds. The Morgan fingerprint density at radius 1 is 1.00 bits per heavy atom. The first-order chi connectivity index (χ1) is 16.7. The second-order valence-electron chi connectivity index (χ2n) is 9.20. The highest BCUT2D eigenvalue weighted by Crippen LogP contribution is 2.40. The number of carbonyl (C=O) groups is 2. The zero-order chi connectivity index (χ0) is 25.1. The van der Waals surface area contributed by atoms with Crippen molar-refractivity contribution in [3.8, 4) is 11.8 Å². The number of piperidine rings is 1. The fraction of sp³-hybridized carbons (Fsp3) is 0.286. The van der Waals surface area contributed by atoms with Gasteiger partial charge >= 0.3 is 5.97 Å². The summed E-state index contributed by atoms with van der Waals surface area (Å²) in [7, 11) is 1.68. The fourth-order valence-electron chi connectivity index (χ4n) is 3.95. The molecule has 2 aromatic carbocycles. The number of hydrogen-bond donors (Lipinski definition) is 0. The lowest BCUT2D eigenvalue weighted by Crippen LogP contribution is -2.62. The van der Waals surface area contributed by atoms with Gasteiger partial charge in [-0.1, -0.05) is 42.2 Å². The van der Waals surface area contributed by atoms with E-state index in [4.69, 9.17) is 4.74 Å². The number of likely N-dealkylation sites (tertiary alicyclic amines) is 1. The van der Waals surface area contributed by atoms with Crippen LogP contribution in [0.5, 0.6) is 0 Å². The third-order valence-corrected chi connectivity index (χ3v) is 6.48. The molecule has 1 aromatic heterocycles. The Labute approximate surface area is 204 Å². The number of halogens is 1. The number of benzene rings is 2. The average Bonchev–Trinajstić information content (AvgIpc) is 2.87. The highest BCUT2D eigenvalue weighted by molar-refractivity contribution is 6.08. The lowest BCUT2D eigenvalue weighted by Gasteiger charge is -2.46. The van der Waals surface area contributed by atoms with Crippen LogP contribution in [0, 0.1) is 17.7 Å². The Morgan fingerprint density at radius 2 is 1.63 bits per heavy atom. The molecule has 4 rings (SSSR count). The van der Waals surface area contributed by atoms with E-state index in [1.54, 1.807) is 24.1 Å². The molecule has 1 fully saturated rings. The van der Waals surface area contributed by atoms with Gasteiger partial charge in [-0.3, -0.25) is 9.59 Å². The van der Waals surface area contributed by atoms with Crippen molar-refractivity contribution in [3.63, 3.8) is 0 Å². The molecule has 0 N–H and O–H groups in total. The van der Waals surface area contributed by atoms with E-state index in [-0.39, 0.29) is 24.7 Å². The van der Waals surface area contributed by atoms with Crippen LogP contribution in [0.3, 0.4) is 0 Å². The Balaban J connectivity index is 1.64. The van der Waals surface area contributed by atoms with Crippen LogP contribution in [0.4, 0.5) is 4.39 Å². The van der Waals surface area contributed by atoms with Gasteiger partial charge in [0.25, 0.3) is 0 Å². The zero-order valence-electron chi connectivity index (χ0n) is 19.9. The second-order valence-corrected chi connectivity index (χ2v) is 9.20. The molecule has 35 heavy (non-hydrogen) atoms. The fourth-order valence-corrected chi connectivity index (χ4v) is 3.95. The number of ether oxygens (including phenoxy) is 1. The van der Waals surface area contributed by atoms with E-state index in [1.165, 1.54) is 24.5 Å². The predicted molar refractivity (Wildman–Crippen MR) is 128 cm³/mol. The van der Waals surface area contributed by atoms with E-state index in [1.807, 2.05) is 44.2 Å². The molecule has 0 saturated carbocycles. The van der Waals surface area contributed by atoms with Crippen molar-refractivity contribution in [2.75, 3.05) is 7.05 Å². The second kappa shape index (κ2) is 9.67. The first-order valence-corrected chi connectivity index (χ1v) is 11.3. The van der Waals surface area contributed by atoms with Crippen LogP contribution >= 0.6 is 0 Å². The molecule has 1 aliphatic heterocycles. The third kappa shape index (κ3) is 4.92. The Morgan fingerprint density at radius 3 is 2.29 bits per heavy atom. The molecule has 0 unspecified atom stereocenters. The summed E-state index contributed by atoms with van der Waals surface area (Å²) in [4.78, 5) is 37.5. The molecule has 7 heteroatoms. The number of amides is 1. The maximum atomic E-state index is 13.6. The zero-order valence-corrected chi connectivity index (χ0v) is 19.9. The summed E-state index contributed by atoms with van der Waals surface area (Å²) < 4.78 is 18.7. The van der Waals surface area contributed by atoms with Gasteiger partial charge in [0.2, 0.25) is 11.3 Å². The van der Waals surface area contributed by atoms with Crippen LogP contribution < -0.4 is 0 Å². The maximum Gasteiger partial charge on any atom is 0.329 e. The first kappa shape index (κ1) is 24.1. The van der Waals surface area contributed by atoms with E-state index >= 15 is 0 Å². The van der Waals surface area contributed by atoms with Crippen LogP contribution in [-0.4, -0.2) is 39.3 Å². The van der Waals surface area contributed by atoms with Gasteiger partial charge in [-0.05, 0) is 56.5 Å². The maximum absolute atomic E-state index is 13.6. The average molecular weight is 472 g/mol. The molecule has 0 aliphatic carbocycles. The summed E-state index contributed by atoms with van der Waals surface area (Å²) in [6.45, 7) is 3.96. The van der Waals surface area contributed by atoms with Crippen molar-refractivity contribution in [3.05, 3.63) is 95.3 Å². The van der Waals surface area contributed by atoms with Gasteiger partial charge in [0.15, 0.2) is 5.82 Å². The van der Waals surface area contributed by atoms with E-state index < -0.39 is 22.8 Å². The summed E-state index contributed by atoms with van der Waals surface area (Å²) >= 11 is 0. The molecule has 2 heterocycles. The van der Waals surface area contributed by atoms with E-state index in [0.29, 0.717) is 17.5 Å². The van der Waals surface area contributed by atoms with Crippen LogP contribution in [0.25, 0.3) is 0 Å². The Hall–Kier alpha value is -4.05. The molecule has 0 radical (unpaired) electrons. The molecule has 6 nitrogen and oxygen atoms in total. The van der Waals surface area contributed by atoms with E-state index in [2.05, 4.69) is 21.8 Å². The standard InChI is InChI=1S/C28H26FN3O3/c1-27(2)15-16-28(25(33)32(27)3,26(34)35-19-21-7-5-4-6-8-21)24-30-17-22(18-31-24)10-9-20-11-13-23(29)14-12-20/h4-8,11-14,17-18H,15-16,19H2,1-3H3/t28-/m0/s1. The minimum absolute atomic E-state index is 0.0447. The lowest BCUT2D eigenvalue weighted by atomic mass is 9.72. The highest BCUT2D eigenvalue weighted by Gasteiger charge is 2.58. The van der Waals surface area contributed by atoms with Crippen molar-refractivity contribution in [2.45, 2.75) is 44.2 Å². The van der Waals surface area contributed by atoms with Gasteiger partial charge < -0.3 is 9.64 Å². The number of aromatic nitrogens is 2. The number of carbonyl (C=O) groups excluding carboxylic acids is 2. The highest BCUT2D eigenvalue weighted by atomic mass is 19.1. The lowest BCUT2D eigenvalue weighted by molar-refractivity contribution is -0.166. The molecule has 0 bridgehead atoms. The van der Waals surface area contributed by atoms with Gasteiger partial charge in [-0.25, -0.2) is 14.4 Å². The number of rotatable bonds is 4. The molecular weight excluding hydrogens is 445 g/mol.